The van der Waals surface area contributed by atoms with Gasteiger partial charge in [-0.25, -0.2) is 8.78 Å². The van der Waals surface area contributed by atoms with E-state index in [0.29, 0.717) is 22.6 Å². The molecule has 4 aromatic rings. The molecular formula is C33H23ClF2OS2. The van der Waals surface area contributed by atoms with Crippen molar-refractivity contribution in [2.24, 2.45) is 0 Å². The second kappa shape index (κ2) is 11.1. The maximum atomic E-state index is 13.6. The average molecular weight is 573 g/mol. The van der Waals surface area contributed by atoms with E-state index in [4.69, 9.17) is 11.6 Å². The van der Waals surface area contributed by atoms with Crippen LogP contribution in [0.15, 0.2) is 131 Å². The predicted molar refractivity (Wildman–Crippen MR) is 159 cm³/mol. The third kappa shape index (κ3) is 5.58. The molecule has 1 nitrogen and oxygen atoms in total. The van der Waals surface area contributed by atoms with Gasteiger partial charge in [0.1, 0.15) is 11.6 Å². The molecule has 2 aliphatic rings. The van der Waals surface area contributed by atoms with E-state index >= 15 is 0 Å². The van der Waals surface area contributed by atoms with Crippen molar-refractivity contribution in [2.75, 3.05) is 0 Å². The molecule has 0 N–H and O–H groups in total. The molecule has 0 radical (unpaired) electrons. The quantitative estimate of drug-likeness (QED) is 0.130. The number of ketones is 1. The number of rotatable bonds is 6. The largest absolute Gasteiger partial charge is 0.289 e. The van der Waals surface area contributed by atoms with Gasteiger partial charge in [0.2, 0.25) is 0 Å². The van der Waals surface area contributed by atoms with E-state index in [1.807, 2.05) is 48.5 Å². The van der Waals surface area contributed by atoms with Gasteiger partial charge in [-0.15, -0.1) is 0 Å². The summed E-state index contributed by atoms with van der Waals surface area (Å²) >= 11 is 8.13. The minimum Gasteiger partial charge on any atom is -0.289 e. The molecule has 1 fully saturated rings. The monoisotopic (exact) mass is 572 g/mol. The normalized spacial score (nSPS) is 20.9. The lowest BCUT2D eigenvalue weighted by molar-refractivity contribution is 0.103. The molecule has 1 heterocycles. The Morgan fingerprint density at radius 2 is 1.46 bits per heavy atom. The van der Waals surface area contributed by atoms with Gasteiger partial charge in [0.25, 0.3) is 0 Å². The molecule has 4 aromatic carbocycles. The molecule has 0 saturated carbocycles. The van der Waals surface area contributed by atoms with Crippen molar-refractivity contribution < 1.29 is 13.6 Å². The first-order valence-electron chi connectivity index (χ1n) is 12.5. The van der Waals surface area contributed by atoms with Crippen LogP contribution in [-0.2, 0) is 0 Å². The van der Waals surface area contributed by atoms with Crippen molar-refractivity contribution in [1.29, 1.82) is 0 Å². The highest BCUT2D eigenvalue weighted by Crippen LogP contribution is 2.73. The highest BCUT2D eigenvalue weighted by Gasteiger charge is 2.46. The number of halogens is 3. The summed E-state index contributed by atoms with van der Waals surface area (Å²) in [5.41, 5.74) is 3.51. The molecule has 1 saturated heterocycles. The topological polar surface area (TPSA) is 17.1 Å². The molecule has 0 spiro atoms. The van der Waals surface area contributed by atoms with E-state index in [1.54, 1.807) is 36.0 Å². The third-order valence-electron chi connectivity index (χ3n) is 6.84. The van der Waals surface area contributed by atoms with Crippen LogP contribution < -0.4 is 0 Å². The highest BCUT2D eigenvalue weighted by molar-refractivity contribution is 8.22. The first-order valence-corrected chi connectivity index (χ1v) is 15.1. The summed E-state index contributed by atoms with van der Waals surface area (Å²) in [6.45, 7) is 0. The molecule has 1 aliphatic heterocycles. The Bertz CT molecular complexity index is 1640. The van der Waals surface area contributed by atoms with Gasteiger partial charge in [-0.3, -0.25) is 4.79 Å². The fraction of sp³-hybridized carbons (Fsp3) is 0.0909. The van der Waals surface area contributed by atoms with Gasteiger partial charge in [0.15, 0.2) is 5.78 Å². The smallest absolute Gasteiger partial charge is 0.193 e. The number of allylic oxidation sites excluding steroid dienone is 4. The van der Waals surface area contributed by atoms with E-state index in [9.17, 15) is 13.6 Å². The Kier molecular flexibility index (Phi) is 7.39. The van der Waals surface area contributed by atoms with Crippen molar-refractivity contribution in [3.8, 4) is 0 Å². The van der Waals surface area contributed by atoms with Crippen molar-refractivity contribution in [2.45, 2.75) is 26.7 Å². The van der Waals surface area contributed by atoms with Gasteiger partial charge in [0, 0.05) is 31.4 Å². The zero-order valence-electron chi connectivity index (χ0n) is 20.7. The number of hydrogen-bond donors (Lipinski definition) is 0. The lowest BCUT2D eigenvalue weighted by Gasteiger charge is -2.08. The zero-order chi connectivity index (χ0) is 26.9. The van der Waals surface area contributed by atoms with Gasteiger partial charge in [-0.2, -0.15) is 10.5 Å². The fourth-order valence-corrected chi connectivity index (χ4v) is 8.91. The minimum absolute atomic E-state index is 0.0576. The lowest BCUT2D eigenvalue weighted by Crippen LogP contribution is -2.00. The fourth-order valence-electron chi connectivity index (χ4n) is 4.84. The molecule has 194 valence electrons. The molecule has 6 heteroatoms. The van der Waals surface area contributed by atoms with E-state index in [-0.39, 0.29) is 38.4 Å². The Labute approximate surface area is 238 Å². The van der Waals surface area contributed by atoms with E-state index in [0.717, 1.165) is 15.4 Å². The molecule has 0 aromatic heterocycles. The number of benzene rings is 4. The summed E-state index contributed by atoms with van der Waals surface area (Å²) in [6.07, 6.45) is 5.68. The van der Waals surface area contributed by atoms with E-state index in [1.165, 1.54) is 28.6 Å². The van der Waals surface area contributed by atoms with Crippen LogP contribution in [0.5, 0.6) is 0 Å². The van der Waals surface area contributed by atoms with Crippen molar-refractivity contribution >= 4 is 44.5 Å². The Morgan fingerprint density at radius 1 is 0.795 bits per heavy atom. The average Bonchev–Trinajstić information content (AvgIpc) is 3.71. The van der Waals surface area contributed by atoms with Gasteiger partial charge in [-0.1, -0.05) is 84.0 Å². The number of carbonyl (C=O) groups excluding carboxylic acids is 1. The maximum Gasteiger partial charge on any atom is 0.193 e. The Balaban J connectivity index is 1.22. The zero-order valence-corrected chi connectivity index (χ0v) is 23.1. The van der Waals surface area contributed by atoms with Crippen molar-refractivity contribution in [1.82, 2.24) is 0 Å². The standard InChI is InChI=1S/C33H23ClF2OS2/c34-29-20-24(31(37)21-4-2-1-3-5-21)10-19-30(29)38-27-15-8-23(9-16-27)33-32(22-6-11-25(35)12-7-22)39(33)28-17-13-26(36)14-18-28/h1-17,19-20,32-33H,18H2. The van der Waals surface area contributed by atoms with Crippen LogP contribution in [0, 0.1) is 5.82 Å². The van der Waals surface area contributed by atoms with Crippen LogP contribution in [0.3, 0.4) is 0 Å². The van der Waals surface area contributed by atoms with Crippen LogP contribution >= 0.6 is 33.8 Å². The molecule has 1 aliphatic carbocycles. The summed E-state index contributed by atoms with van der Waals surface area (Å²) in [7, 11) is -0.0861. The van der Waals surface area contributed by atoms with Crippen LogP contribution in [0.2, 0.25) is 5.02 Å². The molecule has 0 bridgehead atoms. The summed E-state index contributed by atoms with van der Waals surface area (Å²) in [5.74, 6) is -0.502. The predicted octanol–water partition coefficient (Wildman–Crippen LogP) is 9.91. The second-order valence-corrected chi connectivity index (χ2v) is 13.2. The van der Waals surface area contributed by atoms with Gasteiger partial charge >= 0.3 is 0 Å². The number of hydrogen-bond acceptors (Lipinski definition) is 2. The molecule has 6 rings (SSSR count). The molecule has 3 atom stereocenters. The summed E-state index contributed by atoms with van der Waals surface area (Å²) in [4.78, 5) is 15.9. The van der Waals surface area contributed by atoms with E-state index in [2.05, 4.69) is 24.3 Å². The molecular weight excluding hydrogens is 550 g/mol. The van der Waals surface area contributed by atoms with Crippen LogP contribution in [0.25, 0.3) is 0 Å². The Hall–Kier alpha value is -3.25. The first kappa shape index (κ1) is 26.0. The highest BCUT2D eigenvalue weighted by atomic mass is 35.5. The summed E-state index contributed by atoms with van der Waals surface area (Å²) < 4.78 is 27.2. The van der Waals surface area contributed by atoms with Crippen molar-refractivity contribution in [3.63, 3.8) is 0 Å². The summed E-state index contributed by atoms with van der Waals surface area (Å²) in [6, 6.07) is 29.8. The number of carbonyl (C=O) groups is 1. The van der Waals surface area contributed by atoms with Crippen LogP contribution in [0.1, 0.15) is 44.0 Å². The van der Waals surface area contributed by atoms with E-state index < -0.39 is 0 Å². The minimum atomic E-state index is -0.247. The molecule has 39 heavy (non-hydrogen) atoms. The summed E-state index contributed by atoms with van der Waals surface area (Å²) in [5, 5.41) is 1.06. The SMILES string of the molecule is O=C(c1ccccc1)c1ccc(Sc2ccc(C3C(c4ccc(F)cc4)/S3=C3/C=CC(F)=CC3)cc2)c(Cl)c1. The Morgan fingerprint density at radius 3 is 2.08 bits per heavy atom. The first-order chi connectivity index (χ1) is 19.0. The molecule has 3 unspecified atom stereocenters. The maximum absolute atomic E-state index is 13.6. The second-order valence-electron chi connectivity index (χ2n) is 9.37. The molecule has 0 amide bonds. The van der Waals surface area contributed by atoms with Crippen molar-refractivity contribution in [3.05, 3.63) is 154 Å². The third-order valence-corrected chi connectivity index (χ3v) is 11.1. The lowest BCUT2D eigenvalue weighted by atomic mass is 10.0. The van der Waals surface area contributed by atoms with Crippen LogP contribution in [-0.4, -0.2) is 10.6 Å². The van der Waals surface area contributed by atoms with Gasteiger partial charge in [0.05, 0.1) is 5.02 Å². The van der Waals surface area contributed by atoms with Gasteiger partial charge < -0.3 is 0 Å². The van der Waals surface area contributed by atoms with Gasteiger partial charge in [-0.05, 0) is 77.0 Å². The van der Waals surface area contributed by atoms with Crippen LogP contribution in [0.4, 0.5) is 8.78 Å².